The van der Waals surface area contributed by atoms with E-state index in [1.807, 2.05) is 0 Å². The van der Waals surface area contributed by atoms with Crippen molar-refractivity contribution < 1.29 is 5.11 Å². The van der Waals surface area contributed by atoms with E-state index in [9.17, 15) is 5.11 Å². The lowest BCUT2D eigenvalue weighted by atomic mass is 9.66. The van der Waals surface area contributed by atoms with Crippen LogP contribution in [-0.4, -0.2) is 11.2 Å². The van der Waals surface area contributed by atoms with E-state index >= 15 is 0 Å². The summed E-state index contributed by atoms with van der Waals surface area (Å²) < 4.78 is 1.28. The van der Waals surface area contributed by atoms with E-state index in [0.29, 0.717) is 11.8 Å². The normalized spacial score (nSPS) is 31.2. The molecule has 0 saturated heterocycles. The van der Waals surface area contributed by atoms with Crippen LogP contribution in [0.2, 0.25) is 0 Å². The van der Waals surface area contributed by atoms with Gasteiger partial charge in [-0.25, -0.2) is 0 Å². The van der Waals surface area contributed by atoms with Gasteiger partial charge in [-0.15, -0.1) is 0 Å². The number of rotatable bonds is 2. The lowest BCUT2D eigenvalue weighted by molar-refractivity contribution is -0.000728. The number of benzene rings is 1. The molecule has 0 radical (unpaired) electrons. The average molecular weight is 302 g/mol. The molecule has 1 aromatic carbocycles. The Morgan fingerprint density at radius 1 is 1.36 bits per heavy atom. The van der Waals surface area contributed by atoms with Crippen molar-refractivity contribution in [3.05, 3.63) is 33.4 Å². The van der Waals surface area contributed by atoms with E-state index in [4.69, 9.17) is 0 Å². The van der Waals surface area contributed by atoms with Crippen LogP contribution in [-0.2, 0) is 0 Å². The Morgan fingerprint density at radius 3 is 2.50 bits per heavy atom. The molecule has 0 aliphatic heterocycles. The predicted octanol–water partition coefficient (Wildman–Crippen LogP) is 3.17. The van der Waals surface area contributed by atoms with E-state index in [1.54, 1.807) is 0 Å². The van der Waals surface area contributed by atoms with Crippen LogP contribution in [0.15, 0.2) is 24.3 Å². The number of aliphatic hydroxyl groups is 1. The summed E-state index contributed by atoms with van der Waals surface area (Å²) in [6.45, 7) is 2.16. The van der Waals surface area contributed by atoms with Crippen molar-refractivity contribution in [2.75, 3.05) is 0 Å². The van der Waals surface area contributed by atoms with Crippen molar-refractivity contribution in [1.29, 1.82) is 0 Å². The highest BCUT2D eigenvalue weighted by molar-refractivity contribution is 14.1. The van der Waals surface area contributed by atoms with Crippen LogP contribution in [0.1, 0.15) is 31.2 Å². The van der Waals surface area contributed by atoms with Crippen LogP contribution in [0.3, 0.4) is 0 Å². The Bertz CT molecular complexity index is 307. The minimum absolute atomic E-state index is 0.0655. The van der Waals surface area contributed by atoms with Crippen molar-refractivity contribution in [1.82, 2.24) is 0 Å². The van der Waals surface area contributed by atoms with Gasteiger partial charge in [0.1, 0.15) is 0 Å². The predicted molar refractivity (Wildman–Crippen MR) is 66.3 cm³/mol. The molecular formula is C12H15IO. The Labute approximate surface area is 98.7 Å². The smallest absolute Gasteiger partial charge is 0.0580 e. The number of aliphatic hydroxyl groups excluding tert-OH is 1. The molecule has 1 aliphatic carbocycles. The molecule has 3 atom stereocenters. The van der Waals surface area contributed by atoms with Gasteiger partial charge < -0.3 is 5.11 Å². The van der Waals surface area contributed by atoms with Crippen LogP contribution in [0, 0.1) is 9.49 Å². The van der Waals surface area contributed by atoms with Crippen molar-refractivity contribution in [3.8, 4) is 0 Å². The maximum absolute atomic E-state index is 9.59. The fourth-order valence-corrected chi connectivity index (χ4v) is 2.69. The van der Waals surface area contributed by atoms with Crippen molar-refractivity contribution >= 4 is 22.6 Å². The summed E-state index contributed by atoms with van der Waals surface area (Å²) >= 11 is 2.32. The average Bonchev–Trinajstić information content (AvgIpc) is 2.16. The Morgan fingerprint density at radius 2 is 2.00 bits per heavy atom. The fourth-order valence-electron chi connectivity index (χ4n) is 2.33. The molecule has 3 unspecified atom stereocenters. The summed E-state index contributed by atoms with van der Waals surface area (Å²) in [4.78, 5) is 0. The van der Waals surface area contributed by atoms with E-state index in [-0.39, 0.29) is 6.10 Å². The molecule has 76 valence electrons. The minimum atomic E-state index is -0.0655. The maximum atomic E-state index is 9.59. The molecule has 1 N–H and O–H groups in total. The standard InChI is InChI=1S/C12H15IO/c1-2-10-11(7-12(10)14)8-3-5-9(13)6-4-8/h3-6,10-12,14H,2,7H2,1H3. The molecule has 2 heteroatoms. The maximum Gasteiger partial charge on any atom is 0.0580 e. The van der Waals surface area contributed by atoms with Crippen molar-refractivity contribution in [2.45, 2.75) is 31.8 Å². The summed E-state index contributed by atoms with van der Waals surface area (Å²) in [6, 6.07) is 8.68. The van der Waals surface area contributed by atoms with Gasteiger partial charge in [-0.05, 0) is 58.5 Å². The second kappa shape index (κ2) is 4.19. The largest absolute Gasteiger partial charge is 0.393 e. The van der Waals surface area contributed by atoms with Crippen LogP contribution in [0.5, 0.6) is 0 Å². The molecule has 0 amide bonds. The highest BCUT2D eigenvalue weighted by Crippen LogP contribution is 2.44. The van der Waals surface area contributed by atoms with Gasteiger partial charge in [0.15, 0.2) is 0 Å². The minimum Gasteiger partial charge on any atom is -0.393 e. The molecule has 0 aromatic heterocycles. The monoisotopic (exact) mass is 302 g/mol. The Kier molecular flexibility index (Phi) is 3.12. The third-order valence-electron chi connectivity index (χ3n) is 3.28. The van der Waals surface area contributed by atoms with Gasteiger partial charge in [-0.1, -0.05) is 25.5 Å². The van der Waals surface area contributed by atoms with Crippen LogP contribution in [0.4, 0.5) is 0 Å². The molecule has 0 heterocycles. The summed E-state index contributed by atoms with van der Waals surface area (Å²) in [7, 11) is 0. The molecule has 0 spiro atoms. The van der Waals surface area contributed by atoms with Gasteiger partial charge >= 0.3 is 0 Å². The van der Waals surface area contributed by atoms with E-state index in [0.717, 1.165) is 12.8 Å². The highest BCUT2D eigenvalue weighted by Gasteiger charge is 2.38. The third kappa shape index (κ3) is 1.82. The summed E-state index contributed by atoms with van der Waals surface area (Å²) in [5, 5.41) is 9.59. The molecule has 2 rings (SSSR count). The first-order valence-electron chi connectivity index (χ1n) is 5.16. The second-order valence-corrected chi connectivity index (χ2v) is 5.28. The van der Waals surface area contributed by atoms with Crippen LogP contribution < -0.4 is 0 Å². The van der Waals surface area contributed by atoms with E-state index in [2.05, 4.69) is 53.8 Å². The number of hydrogen-bond donors (Lipinski definition) is 1. The SMILES string of the molecule is CCC1C(O)CC1c1ccc(I)cc1. The van der Waals surface area contributed by atoms with Crippen LogP contribution >= 0.6 is 22.6 Å². The number of halogens is 1. The van der Waals surface area contributed by atoms with Gasteiger partial charge in [0.05, 0.1) is 6.10 Å². The highest BCUT2D eigenvalue weighted by atomic mass is 127. The quantitative estimate of drug-likeness (QED) is 0.832. The zero-order valence-electron chi connectivity index (χ0n) is 8.28. The van der Waals surface area contributed by atoms with E-state index < -0.39 is 0 Å². The molecule has 1 nitrogen and oxygen atoms in total. The van der Waals surface area contributed by atoms with Crippen LogP contribution in [0.25, 0.3) is 0 Å². The third-order valence-corrected chi connectivity index (χ3v) is 4.00. The second-order valence-electron chi connectivity index (χ2n) is 4.03. The zero-order chi connectivity index (χ0) is 10.1. The lowest BCUT2D eigenvalue weighted by Crippen LogP contribution is -2.38. The van der Waals surface area contributed by atoms with Crippen molar-refractivity contribution in [2.24, 2.45) is 5.92 Å². The summed E-state index contributed by atoms with van der Waals surface area (Å²) in [6.07, 6.45) is 1.96. The first-order valence-corrected chi connectivity index (χ1v) is 6.23. The Balaban J connectivity index is 2.13. The van der Waals surface area contributed by atoms with Gasteiger partial charge in [-0.2, -0.15) is 0 Å². The van der Waals surface area contributed by atoms with Gasteiger partial charge in [0.2, 0.25) is 0 Å². The van der Waals surface area contributed by atoms with Gasteiger partial charge in [0.25, 0.3) is 0 Å². The number of hydrogen-bond acceptors (Lipinski definition) is 1. The van der Waals surface area contributed by atoms with Gasteiger partial charge in [0, 0.05) is 3.57 Å². The molecular weight excluding hydrogens is 287 g/mol. The van der Waals surface area contributed by atoms with Crippen molar-refractivity contribution in [3.63, 3.8) is 0 Å². The first-order chi connectivity index (χ1) is 6.72. The van der Waals surface area contributed by atoms with E-state index in [1.165, 1.54) is 9.13 Å². The lowest BCUT2D eigenvalue weighted by Gasteiger charge is -2.41. The molecule has 1 saturated carbocycles. The topological polar surface area (TPSA) is 20.2 Å². The first kappa shape index (κ1) is 10.4. The fraction of sp³-hybridized carbons (Fsp3) is 0.500. The molecule has 1 aromatic rings. The zero-order valence-corrected chi connectivity index (χ0v) is 10.4. The molecule has 1 aliphatic rings. The molecule has 14 heavy (non-hydrogen) atoms. The molecule has 0 bridgehead atoms. The molecule has 1 fully saturated rings. The summed E-state index contributed by atoms with van der Waals surface area (Å²) in [5.74, 6) is 1.07. The Hall–Kier alpha value is -0.0900. The summed E-state index contributed by atoms with van der Waals surface area (Å²) in [5.41, 5.74) is 1.39. The van der Waals surface area contributed by atoms with Gasteiger partial charge in [-0.3, -0.25) is 0 Å².